The highest BCUT2D eigenvalue weighted by Crippen LogP contribution is 2.23. The molecule has 0 aliphatic rings. The van der Waals surface area contributed by atoms with Crippen LogP contribution in [0.15, 0.2) is 54.7 Å². The third kappa shape index (κ3) is 1.92. The van der Waals surface area contributed by atoms with Crippen LogP contribution in [0.2, 0.25) is 5.02 Å². The van der Waals surface area contributed by atoms with E-state index in [1.54, 1.807) is 0 Å². The van der Waals surface area contributed by atoms with Gasteiger partial charge in [-0.1, -0.05) is 48.0 Å². The lowest BCUT2D eigenvalue weighted by Crippen LogP contribution is -2.00. The molecule has 0 aliphatic heterocycles. The van der Waals surface area contributed by atoms with Crippen LogP contribution >= 0.6 is 11.6 Å². The average Bonchev–Trinajstić information content (AvgIpc) is 2.76. The van der Waals surface area contributed by atoms with Crippen LogP contribution in [-0.2, 0) is 6.54 Å². The van der Waals surface area contributed by atoms with Crippen molar-refractivity contribution in [2.24, 2.45) is 0 Å². The van der Waals surface area contributed by atoms with Crippen molar-refractivity contribution < 1.29 is 0 Å². The molecule has 0 fully saturated rings. The molecule has 0 saturated carbocycles. The Hall–Kier alpha value is -1.80. The highest BCUT2D eigenvalue weighted by Gasteiger charge is 2.05. The zero-order valence-electron chi connectivity index (χ0n) is 9.18. The molecule has 0 bridgehead atoms. The smallest absolute Gasteiger partial charge is 0.0701 e. The lowest BCUT2D eigenvalue weighted by Gasteiger charge is -2.03. The van der Waals surface area contributed by atoms with Gasteiger partial charge in [-0.2, -0.15) is 5.10 Å². The van der Waals surface area contributed by atoms with Crippen LogP contribution < -0.4 is 0 Å². The van der Waals surface area contributed by atoms with Gasteiger partial charge in [-0.05, 0) is 17.7 Å². The number of benzene rings is 2. The predicted octanol–water partition coefficient (Wildman–Crippen LogP) is 3.74. The van der Waals surface area contributed by atoms with Crippen molar-refractivity contribution in [1.29, 1.82) is 0 Å². The minimum absolute atomic E-state index is 0.752. The molecule has 3 rings (SSSR count). The topological polar surface area (TPSA) is 17.8 Å². The molecule has 17 heavy (non-hydrogen) atoms. The van der Waals surface area contributed by atoms with Crippen molar-refractivity contribution in [3.8, 4) is 0 Å². The number of fused-ring (bicyclic) bond motifs is 1. The van der Waals surface area contributed by atoms with E-state index in [9.17, 15) is 0 Å². The number of hydrogen-bond acceptors (Lipinski definition) is 1. The summed E-state index contributed by atoms with van der Waals surface area (Å²) in [4.78, 5) is 0. The zero-order chi connectivity index (χ0) is 11.7. The zero-order valence-corrected chi connectivity index (χ0v) is 9.93. The molecule has 3 heteroatoms. The van der Waals surface area contributed by atoms with Gasteiger partial charge in [-0.25, -0.2) is 0 Å². The molecule has 84 valence electrons. The van der Waals surface area contributed by atoms with E-state index in [2.05, 4.69) is 17.2 Å². The number of halogens is 1. The number of nitrogens with zero attached hydrogens (tertiary/aromatic N) is 2. The average molecular weight is 243 g/mol. The molecule has 0 aliphatic carbocycles. The van der Waals surface area contributed by atoms with E-state index in [1.807, 2.05) is 47.3 Å². The SMILES string of the molecule is Clc1cccc2c1cnn2Cc1ccccc1. The van der Waals surface area contributed by atoms with E-state index in [0.29, 0.717) is 0 Å². The molecule has 2 nitrogen and oxygen atoms in total. The van der Waals surface area contributed by atoms with Crippen LogP contribution in [0.25, 0.3) is 10.9 Å². The first-order valence-electron chi connectivity index (χ1n) is 5.48. The van der Waals surface area contributed by atoms with Crippen molar-refractivity contribution in [2.45, 2.75) is 6.54 Å². The maximum atomic E-state index is 6.12. The molecule has 3 aromatic rings. The summed E-state index contributed by atoms with van der Waals surface area (Å²) in [6, 6.07) is 16.2. The van der Waals surface area contributed by atoms with Crippen molar-refractivity contribution in [3.05, 3.63) is 65.3 Å². The maximum absolute atomic E-state index is 6.12. The van der Waals surface area contributed by atoms with Gasteiger partial charge in [0.2, 0.25) is 0 Å². The monoisotopic (exact) mass is 242 g/mol. The van der Waals surface area contributed by atoms with E-state index >= 15 is 0 Å². The molecule has 0 spiro atoms. The lowest BCUT2D eigenvalue weighted by atomic mass is 10.2. The van der Waals surface area contributed by atoms with E-state index in [0.717, 1.165) is 22.5 Å². The molecular weight excluding hydrogens is 232 g/mol. The third-order valence-electron chi connectivity index (χ3n) is 2.81. The molecule has 0 amide bonds. The lowest BCUT2D eigenvalue weighted by molar-refractivity contribution is 0.712. The Morgan fingerprint density at radius 2 is 1.82 bits per heavy atom. The minimum Gasteiger partial charge on any atom is -0.260 e. The van der Waals surface area contributed by atoms with E-state index < -0.39 is 0 Å². The summed E-state index contributed by atoms with van der Waals surface area (Å²) in [5.41, 5.74) is 2.30. The summed E-state index contributed by atoms with van der Waals surface area (Å²) in [7, 11) is 0. The van der Waals surface area contributed by atoms with Gasteiger partial charge < -0.3 is 0 Å². The first kappa shape index (κ1) is 10.4. The first-order valence-corrected chi connectivity index (χ1v) is 5.86. The Bertz CT molecular complexity index is 644. The van der Waals surface area contributed by atoms with Crippen LogP contribution in [0.3, 0.4) is 0 Å². The van der Waals surface area contributed by atoms with Gasteiger partial charge in [0.1, 0.15) is 0 Å². The second-order valence-electron chi connectivity index (χ2n) is 3.96. The van der Waals surface area contributed by atoms with Crippen molar-refractivity contribution in [2.75, 3.05) is 0 Å². The van der Waals surface area contributed by atoms with Crippen LogP contribution in [0, 0.1) is 0 Å². The van der Waals surface area contributed by atoms with Gasteiger partial charge in [0.25, 0.3) is 0 Å². The molecular formula is C14H11ClN2. The van der Waals surface area contributed by atoms with Gasteiger partial charge in [0.05, 0.1) is 23.3 Å². The Morgan fingerprint density at radius 1 is 1.00 bits per heavy atom. The van der Waals surface area contributed by atoms with Crippen molar-refractivity contribution in [3.63, 3.8) is 0 Å². The van der Waals surface area contributed by atoms with Crippen LogP contribution in [0.1, 0.15) is 5.56 Å². The van der Waals surface area contributed by atoms with Crippen molar-refractivity contribution in [1.82, 2.24) is 9.78 Å². The fourth-order valence-corrected chi connectivity index (χ4v) is 2.17. The summed E-state index contributed by atoms with van der Waals surface area (Å²) >= 11 is 6.12. The molecule has 1 aromatic heterocycles. The van der Waals surface area contributed by atoms with Crippen LogP contribution in [0.4, 0.5) is 0 Å². The Kier molecular flexibility index (Phi) is 2.57. The summed E-state index contributed by atoms with van der Waals surface area (Å²) in [5, 5.41) is 6.14. The summed E-state index contributed by atoms with van der Waals surface area (Å²) in [5.74, 6) is 0. The molecule has 0 unspecified atom stereocenters. The van der Waals surface area contributed by atoms with E-state index in [4.69, 9.17) is 11.6 Å². The van der Waals surface area contributed by atoms with Crippen LogP contribution in [0.5, 0.6) is 0 Å². The third-order valence-corrected chi connectivity index (χ3v) is 3.14. The first-order chi connectivity index (χ1) is 8.34. The van der Waals surface area contributed by atoms with E-state index in [-0.39, 0.29) is 0 Å². The predicted molar refractivity (Wildman–Crippen MR) is 70.3 cm³/mol. The Morgan fingerprint density at radius 3 is 2.65 bits per heavy atom. The summed E-state index contributed by atoms with van der Waals surface area (Å²) in [6.07, 6.45) is 1.82. The molecule has 0 N–H and O–H groups in total. The Labute approximate surface area is 104 Å². The second kappa shape index (κ2) is 4.22. The second-order valence-corrected chi connectivity index (χ2v) is 4.37. The number of rotatable bonds is 2. The fourth-order valence-electron chi connectivity index (χ4n) is 1.95. The molecule has 0 atom stereocenters. The normalized spacial score (nSPS) is 10.9. The van der Waals surface area contributed by atoms with Gasteiger partial charge in [0, 0.05) is 5.39 Å². The molecule has 0 saturated heterocycles. The molecule has 1 heterocycles. The number of aromatic nitrogens is 2. The maximum Gasteiger partial charge on any atom is 0.0701 e. The van der Waals surface area contributed by atoms with Gasteiger partial charge in [-0.3, -0.25) is 4.68 Å². The van der Waals surface area contributed by atoms with Gasteiger partial charge in [-0.15, -0.1) is 0 Å². The summed E-state index contributed by atoms with van der Waals surface area (Å²) < 4.78 is 1.97. The number of hydrogen-bond donors (Lipinski definition) is 0. The largest absolute Gasteiger partial charge is 0.260 e. The minimum atomic E-state index is 0.752. The van der Waals surface area contributed by atoms with E-state index in [1.165, 1.54) is 5.56 Å². The molecule has 0 radical (unpaired) electrons. The van der Waals surface area contributed by atoms with Crippen LogP contribution in [-0.4, -0.2) is 9.78 Å². The quantitative estimate of drug-likeness (QED) is 0.669. The highest BCUT2D eigenvalue weighted by atomic mass is 35.5. The van der Waals surface area contributed by atoms with Gasteiger partial charge in [0.15, 0.2) is 0 Å². The fraction of sp³-hybridized carbons (Fsp3) is 0.0714. The van der Waals surface area contributed by atoms with Gasteiger partial charge >= 0.3 is 0 Å². The standard InChI is InChI=1S/C14H11ClN2/c15-13-7-4-8-14-12(13)9-16-17(14)10-11-5-2-1-3-6-11/h1-9H,10H2. The Balaban J connectivity index is 2.05. The van der Waals surface area contributed by atoms with Crippen molar-refractivity contribution >= 4 is 22.5 Å². The highest BCUT2D eigenvalue weighted by molar-refractivity contribution is 6.35. The molecule has 2 aromatic carbocycles. The summed E-state index contributed by atoms with van der Waals surface area (Å²) in [6.45, 7) is 0.769.